The van der Waals surface area contributed by atoms with Gasteiger partial charge < -0.3 is 0 Å². The molecule has 1 aliphatic rings. The largest absolute Gasteiger partial charge is 0.273 e. The average molecular weight is 405 g/mol. The number of hydrogen-bond acceptors (Lipinski definition) is 2. The molecule has 0 N–H and O–H groups in total. The summed E-state index contributed by atoms with van der Waals surface area (Å²) >= 11 is 7.07. The molecule has 0 spiro atoms. The van der Waals surface area contributed by atoms with Crippen molar-refractivity contribution in [1.82, 2.24) is 0 Å². The quantitative estimate of drug-likeness (QED) is 0.378. The van der Waals surface area contributed by atoms with Gasteiger partial charge in [0.05, 0.1) is 4.92 Å². The fraction of sp³-hybridized carbons (Fsp3) is 0.600. The van der Waals surface area contributed by atoms with Crippen LogP contribution in [0.25, 0.3) is 0 Å². The lowest BCUT2D eigenvalue weighted by atomic mass is 9.77. The zero-order valence-corrected chi connectivity index (χ0v) is 14.7. The van der Waals surface area contributed by atoms with E-state index in [2.05, 4.69) is 38.8 Å². The highest BCUT2D eigenvalue weighted by Gasteiger charge is 2.29. The third-order valence-corrected chi connectivity index (χ3v) is 6.00. The Balaban J connectivity index is 2.18. The standard InChI is InChI=1S/C15H19Br2NO2/c1-2-10-3-6-14(17)12(7-10)8-11-4-5-13(16)9-15(11)18(19)20/h4-5,9-10,12,14H,2-3,6-8H2,1H3. The number of alkyl halides is 1. The first-order valence-corrected chi connectivity index (χ1v) is 8.79. The number of nitro groups is 1. The summed E-state index contributed by atoms with van der Waals surface area (Å²) in [6.07, 6.45) is 5.60. The second kappa shape index (κ2) is 7.03. The molecule has 20 heavy (non-hydrogen) atoms. The number of hydrogen-bond donors (Lipinski definition) is 0. The molecule has 5 heteroatoms. The normalized spacial score (nSPS) is 26.4. The van der Waals surface area contributed by atoms with E-state index in [4.69, 9.17) is 0 Å². The van der Waals surface area contributed by atoms with Gasteiger partial charge in [-0.2, -0.15) is 0 Å². The van der Waals surface area contributed by atoms with Crippen LogP contribution in [0, 0.1) is 22.0 Å². The van der Waals surface area contributed by atoms with Gasteiger partial charge in [0, 0.05) is 20.9 Å². The summed E-state index contributed by atoms with van der Waals surface area (Å²) in [4.78, 5) is 11.4. The zero-order valence-electron chi connectivity index (χ0n) is 11.5. The topological polar surface area (TPSA) is 43.1 Å². The van der Waals surface area contributed by atoms with Gasteiger partial charge in [-0.1, -0.05) is 51.3 Å². The minimum atomic E-state index is -0.274. The molecule has 2 rings (SSSR count). The van der Waals surface area contributed by atoms with E-state index in [0.717, 1.165) is 22.4 Å². The van der Waals surface area contributed by atoms with Gasteiger partial charge >= 0.3 is 0 Å². The van der Waals surface area contributed by atoms with Crippen LogP contribution in [0.15, 0.2) is 22.7 Å². The smallest absolute Gasteiger partial charge is 0.258 e. The van der Waals surface area contributed by atoms with E-state index in [1.165, 1.54) is 25.7 Å². The Labute approximate surface area is 136 Å². The van der Waals surface area contributed by atoms with E-state index in [1.807, 2.05) is 12.1 Å². The van der Waals surface area contributed by atoms with E-state index in [0.29, 0.717) is 10.7 Å². The third kappa shape index (κ3) is 3.82. The molecule has 110 valence electrons. The number of nitro benzene ring substituents is 1. The fourth-order valence-corrected chi connectivity index (χ4v) is 4.08. The molecule has 3 nitrogen and oxygen atoms in total. The van der Waals surface area contributed by atoms with Crippen LogP contribution in [0.3, 0.4) is 0 Å². The van der Waals surface area contributed by atoms with Crippen LogP contribution >= 0.6 is 31.9 Å². The number of halogens is 2. The Kier molecular flexibility index (Phi) is 5.61. The van der Waals surface area contributed by atoms with Crippen LogP contribution in [-0.4, -0.2) is 9.75 Å². The Morgan fingerprint density at radius 3 is 2.80 bits per heavy atom. The first-order valence-electron chi connectivity index (χ1n) is 7.08. The van der Waals surface area contributed by atoms with Crippen LogP contribution in [0.5, 0.6) is 0 Å². The Morgan fingerprint density at radius 2 is 2.15 bits per heavy atom. The maximum absolute atomic E-state index is 11.2. The van der Waals surface area contributed by atoms with Crippen molar-refractivity contribution >= 4 is 37.5 Å². The molecule has 0 aliphatic heterocycles. The first-order chi connectivity index (χ1) is 9.51. The summed E-state index contributed by atoms with van der Waals surface area (Å²) in [5, 5.41) is 11.2. The molecule has 0 aromatic heterocycles. The highest BCUT2D eigenvalue weighted by molar-refractivity contribution is 9.10. The fourth-order valence-electron chi connectivity index (χ4n) is 3.07. The Morgan fingerprint density at radius 1 is 1.40 bits per heavy atom. The predicted octanol–water partition coefficient (Wildman–Crippen LogP) is 5.49. The van der Waals surface area contributed by atoms with Crippen LogP contribution in [0.1, 0.15) is 38.2 Å². The maximum Gasteiger partial charge on any atom is 0.273 e. The molecule has 1 aliphatic carbocycles. The van der Waals surface area contributed by atoms with Crippen molar-refractivity contribution in [3.8, 4) is 0 Å². The number of benzene rings is 1. The van der Waals surface area contributed by atoms with E-state index < -0.39 is 0 Å². The summed E-state index contributed by atoms with van der Waals surface area (Å²) in [5.74, 6) is 1.26. The summed E-state index contributed by atoms with van der Waals surface area (Å²) < 4.78 is 0.762. The molecule has 1 fully saturated rings. The van der Waals surface area contributed by atoms with Gasteiger partial charge in [-0.25, -0.2) is 0 Å². The third-order valence-electron chi connectivity index (χ3n) is 4.30. The van der Waals surface area contributed by atoms with Crippen molar-refractivity contribution in [3.05, 3.63) is 38.3 Å². The highest BCUT2D eigenvalue weighted by Crippen LogP contribution is 2.38. The van der Waals surface area contributed by atoms with Crippen molar-refractivity contribution < 1.29 is 4.92 Å². The van der Waals surface area contributed by atoms with Crippen molar-refractivity contribution in [3.63, 3.8) is 0 Å². The molecular formula is C15H19Br2NO2. The predicted molar refractivity (Wildman–Crippen MR) is 88.3 cm³/mol. The number of rotatable bonds is 4. The lowest BCUT2D eigenvalue weighted by molar-refractivity contribution is -0.385. The van der Waals surface area contributed by atoms with Gasteiger partial charge in [0.2, 0.25) is 0 Å². The summed E-state index contributed by atoms with van der Waals surface area (Å²) in [5.41, 5.74) is 1.09. The summed E-state index contributed by atoms with van der Waals surface area (Å²) in [6.45, 7) is 2.23. The van der Waals surface area contributed by atoms with Crippen LogP contribution in [0.2, 0.25) is 0 Å². The van der Waals surface area contributed by atoms with Gasteiger partial charge in [-0.3, -0.25) is 10.1 Å². The molecule has 1 aromatic carbocycles. The van der Waals surface area contributed by atoms with Gasteiger partial charge in [-0.15, -0.1) is 0 Å². The van der Waals surface area contributed by atoms with Crippen LogP contribution in [-0.2, 0) is 6.42 Å². The second-order valence-electron chi connectivity index (χ2n) is 5.60. The molecule has 1 aromatic rings. The lowest BCUT2D eigenvalue weighted by Crippen LogP contribution is -2.26. The molecule has 0 heterocycles. The minimum Gasteiger partial charge on any atom is -0.258 e. The molecule has 3 unspecified atom stereocenters. The minimum absolute atomic E-state index is 0.234. The van der Waals surface area contributed by atoms with Crippen molar-refractivity contribution in [2.75, 3.05) is 0 Å². The molecule has 0 bridgehead atoms. The van der Waals surface area contributed by atoms with E-state index in [9.17, 15) is 10.1 Å². The molecule has 3 atom stereocenters. The van der Waals surface area contributed by atoms with Gasteiger partial charge in [-0.05, 0) is 43.6 Å². The summed E-state index contributed by atoms with van der Waals surface area (Å²) in [6, 6.07) is 5.39. The molecular weight excluding hydrogens is 386 g/mol. The lowest BCUT2D eigenvalue weighted by Gasteiger charge is -2.32. The Hall–Kier alpha value is -0.420. The van der Waals surface area contributed by atoms with E-state index >= 15 is 0 Å². The van der Waals surface area contributed by atoms with Crippen molar-refractivity contribution in [1.29, 1.82) is 0 Å². The SMILES string of the molecule is CCC1CCC(Br)C(Cc2ccc(Br)cc2[N+](=O)[O-])C1. The van der Waals surface area contributed by atoms with E-state index in [1.54, 1.807) is 6.07 Å². The zero-order chi connectivity index (χ0) is 14.7. The average Bonchev–Trinajstić information content (AvgIpc) is 2.42. The molecule has 0 radical (unpaired) electrons. The monoisotopic (exact) mass is 403 g/mol. The highest BCUT2D eigenvalue weighted by atomic mass is 79.9. The van der Waals surface area contributed by atoms with Gasteiger partial charge in [0.25, 0.3) is 5.69 Å². The first kappa shape index (κ1) is 16.0. The van der Waals surface area contributed by atoms with E-state index in [-0.39, 0.29) is 10.6 Å². The van der Waals surface area contributed by atoms with Crippen LogP contribution < -0.4 is 0 Å². The van der Waals surface area contributed by atoms with Crippen molar-refractivity contribution in [2.45, 2.75) is 43.9 Å². The van der Waals surface area contributed by atoms with Crippen molar-refractivity contribution in [2.24, 2.45) is 11.8 Å². The number of nitrogens with zero attached hydrogens (tertiary/aromatic N) is 1. The van der Waals surface area contributed by atoms with Crippen LogP contribution in [0.4, 0.5) is 5.69 Å². The molecule has 0 saturated heterocycles. The Bertz CT molecular complexity index is 493. The molecule has 1 saturated carbocycles. The van der Waals surface area contributed by atoms with Gasteiger partial charge in [0.15, 0.2) is 0 Å². The van der Waals surface area contributed by atoms with Gasteiger partial charge in [0.1, 0.15) is 0 Å². The summed E-state index contributed by atoms with van der Waals surface area (Å²) in [7, 11) is 0. The maximum atomic E-state index is 11.2. The second-order valence-corrected chi connectivity index (χ2v) is 7.69. The molecule has 0 amide bonds.